The maximum Gasteiger partial charge on any atom is 0.356 e. The number of aromatic amines is 1. The van der Waals surface area contributed by atoms with Gasteiger partial charge in [0.1, 0.15) is 5.69 Å². The normalized spacial score (nSPS) is 10.3. The molecule has 100 valence electrons. The summed E-state index contributed by atoms with van der Waals surface area (Å²) in [6.07, 6.45) is 0. The molecule has 0 spiro atoms. The largest absolute Gasteiger partial charge is 0.494 e. The van der Waals surface area contributed by atoms with Crippen LogP contribution in [0.1, 0.15) is 17.4 Å². The minimum atomic E-state index is -0.491. The van der Waals surface area contributed by atoms with Gasteiger partial charge in [0.15, 0.2) is 11.6 Å². The van der Waals surface area contributed by atoms with Crippen molar-refractivity contribution in [1.29, 1.82) is 0 Å². The van der Waals surface area contributed by atoms with Crippen LogP contribution < -0.4 is 4.74 Å². The van der Waals surface area contributed by atoms with E-state index in [4.69, 9.17) is 9.47 Å². The molecule has 1 heterocycles. The molecular formula is C13H13FN2O3. The maximum atomic E-state index is 13.6. The van der Waals surface area contributed by atoms with Crippen molar-refractivity contribution < 1.29 is 18.7 Å². The van der Waals surface area contributed by atoms with Crippen LogP contribution in [0, 0.1) is 5.82 Å². The highest BCUT2D eigenvalue weighted by Gasteiger charge is 2.13. The number of benzene rings is 1. The first kappa shape index (κ1) is 13.1. The van der Waals surface area contributed by atoms with Gasteiger partial charge in [0.25, 0.3) is 0 Å². The molecule has 0 amide bonds. The zero-order valence-electron chi connectivity index (χ0n) is 10.6. The Bertz CT molecular complexity index is 595. The van der Waals surface area contributed by atoms with Crippen molar-refractivity contribution >= 4 is 5.97 Å². The van der Waals surface area contributed by atoms with Gasteiger partial charge in [-0.15, -0.1) is 0 Å². The van der Waals surface area contributed by atoms with Gasteiger partial charge in [0, 0.05) is 5.56 Å². The molecule has 0 aliphatic rings. The first-order chi connectivity index (χ1) is 9.15. The lowest BCUT2D eigenvalue weighted by Crippen LogP contribution is -2.04. The molecule has 0 unspecified atom stereocenters. The number of hydrogen-bond donors (Lipinski definition) is 1. The minimum Gasteiger partial charge on any atom is -0.494 e. The summed E-state index contributed by atoms with van der Waals surface area (Å²) in [5.41, 5.74) is 1.24. The van der Waals surface area contributed by atoms with Crippen LogP contribution in [-0.4, -0.2) is 29.9 Å². The molecule has 1 N–H and O–H groups in total. The van der Waals surface area contributed by atoms with Crippen LogP contribution in [0.3, 0.4) is 0 Å². The number of esters is 1. The zero-order valence-corrected chi connectivity index (χ0v) is 10.6. The summed E-state index contributed by atoms with van der Waals surface area (Å²) < 4.78 is 23.2. The molecule has 0 saturated heterocycles. The molecule has 6 heteroatoms. The van der Waals surface area contributed by atoms with Crippen LogP contribution in [0.25, 0.3) is 11.3 Å². The minimum absolute atomic E-state index is 0.157. The van der Waals surface area contributed by atoms with Crippen molar-refractivity contribution in [1.82, 2.24) is 10.2 Å². The summed E-state index contributed by atoms with van der Waals surface area (Å²) >= 11 is 0. The molecule has 0 radical (unpaired) electrons. The number of methoxy groups -OCH3 is 1. The van der Waals surface area contributed by atoms with Crippen LogP contribution in [-0.2, 0) is 4.74 Å². The second kappa shape index (κ2) is 5.51. The molecule has 1 aromatic heterocycles. The third-order valence-electron chi connectivity index (χ3n) is 2.52. The molecule has 0 bridgehead atoms. The van der Waals surface area contributed by atoms with E-state index in [9.17, 15) is 9.18 Å². The summed E-state index contributed by atoms with van der Waals surface area (Å²) in [5.74, 6) is -0.819. The van der Waals surface area contributed by atoms with E-state index in [0.717, 1.165) is 0 Å². The van der Waals surface area contributed by atoms with E-state index in [0.29, 0.717) is 11.3 Å². The van der Waals surface area contributed by atoms with Gasteiger partial charge in [-0.05, 0) is 31.2 Å². The molecule has 1 aromatic carbocycles. The fraction of sp³-hybridized carbons (Fsp3) is 0.231. The summed E-state index contributed by atoms with van der Waals surface area (Å²) in [4.78, 5) is 11.5. The van der Waals surface area contributed by atoms with Crippen molar-refractivity contribution in [2.24, 2.45) is 0 Å². The van der Waals surface area contributed by atoms with Gasteiger partial charge in [0.2, 0.25) is 0 Å². The Hall–Kier alpha value is -2.37. The standard InChI is InChI=1S/C13H13FN2O3/c1-3-19-13(17)11-7-10(15-16-11)8-4-5-12(18-2)9(14)6-8/h4-7H,3H2,1-2H3,(H,15,16). The van der Waals surface area contributed by atoms with Crippen LogP contribution in [0.15, 0.2) is 24.3 Å². The quantitative estimate of drug-likeness (QED) is 0.861. The van der Waals surface area contributed by atoms with Gasteiger partial charge in [0.05, 0.1) is 19.4 Å². The van der Waals surface area contributed by atoms with Gasteiger partial charge in [-0.25, -0.2) is 9.18 Å². The van der Waals surface area contributed by atoms with Crippen molar-refractivity contribution in [2.75, 3.05) is 13.7 Å². The van der Waals surface area contributed by atoms with Gasteiger partial charge >= 0.3 is 5.97 Å². The molecular weight excluding hydrogens is 251 g/mol. The fourth-order valence-corrected chi connectivity index (χ4v) is 1.61. The molecule has 2 aromatic rings. The smallest absolute Gasteiger partial charge is 0.356 e. The number of aromatic nitrogens is 2. The number of nitrogens with one attached hydrogen (secondary N) is 1. The molecule has 5 nitrogen and oxygen atoms in total. The third kappa shape index (κ3) is 2.73. The number of halogens is 1. The van der Waals surface area contributed by atoms with Gasteiger partial charge < -0.3 is 9.47 Å². The van der Waals surface area contributed by atoms with Gasteiger partial charge in [-0.1, -0.05) is 0 Å². The highest BCUT2D eigenvalue weighted by Crippen LogP contribution is 2.24. The number of ether oxygens (including phenoxy) is 2. The zero-order chi connectivity index (χ0) is 13.8. The molecule has 0 atom stereocenters. The van der Waals surface area contributed by atoms with Gasteiger partial charge in [-0.2, -0.15) is 5.10 Å². The second-order valence-corrected chi connectivity index (χ2v) is 3.74. The molecule has 0 aliphatic heterocycles. The van der Waals surface area contributed by atoms with E-state index in [1.165, 1.54) is 25.3 Å². The van der Waals surface area contributed by atoms with E-state index in [2.05, 4.69) is 10.2 Å². The predicted octanol–water partition coefficient (Wildman–Crippen LogP) is 2.40. The SMILES string of the molecule is CCOC(=O)c1cc(-c2ccc(OC)c(F)c2)n[nH]1. The monoisotopic (exact) mass is 264 g/mol. The number of carbonyl (C=O) groups excluding carboxylic acids is 1. The van der Waals surface area contributed by atoms with Crippen LogP contribution in [0.2, 0.25) is 0 Å². The highest BCUT2D eigenvalue weighted by atomic mass is 19.1. The van der Waals surface area contributed by atoms with Crippen LogP contribution >= 0.6 is 0 Å². The van der Waals surface area contributed by atoms with Crippen LogP contribution in [0.5, 0.6) is 5.75 Å². The molecule has 0 saturated carbocycles. The topological polar surface area (TPSA) is 64.2 Å². The summed E-state index contributed by atoms with van der Waals surface area (Å²) in [6.45, 7) is 2.00. The first-order valence-corrected chi connectivity index (χ1v) is 5.72. The lowest BCUT2D eigenvalue weighted by molar-refractivity contribution is 0.0519. The van der Waals surface area contributed by atoms with Crippen molar-refractivity contribution in [2.45, 2.75) is 6.92 Å². The number of rotatable bonds is 4. The van der Waals surface area contributed by atoms with Crippen molar-refractivity contribution in [3.63, 3.8) is 0 Å². The lowest BCUT2D eigenvalue weighted by Gasteiger charge is -2.02. The average molecular weight is 264 g/mol. The van der Waals surface area contributed by atoms with Crippen LogP contribution in [0.4, 0.5) is 4.39 Å². The van der Waals surface area contributed by atoms with Crippen molar-refractivity contribution in [3.05, 3.63) is 35.8 Å². The number of H-pyrrole nitrogens is 1. The summed E-state index contributed by atoms with van der Waals surface area (Å²) in [6, 6.07) is 5.97. The second-order valence-electron chi connectivity index (χ2n) is 3.74. The molecule has 0 fully saturated rings. The highest BCUT2D eigenvalue weighted by molar-refractivity contribution is 5.88. The lowest BCUT2D eigenvalue weighted by atomic mass is 10.1. The Morgan fingerprint density at radius 1 is 1.42 bits per heavy atom. The van der Waals surface area contributed by atoms with Crippen molar-refractivity contribution in [3.8, 4) is 17.0 Å². The number of nitrogens with zero attached hydrogens (tertiary/aromatic N) is 1. The third-order valence-corrected chi connectivity index (χ3v) is 2.52. The Kier molecular flexibility index (Phi) is 3.79. The van der Waals surface area contributed by atoms with E-state index >= 15 is 0 Å². The Morgan fingerprint density at radius 2 is 2.21 bits per heavy atom. The molecule has 2 rings (SSSR count). The van der Waals surface area contributed by atoms with E-state index < -0.39 is 11.8 Å². The Labute approximate surface area is 109 Å². The summed E-state index contributed by atoms with van der Waals surface area (Å²) in [5, 5.41) is 6.51. The molecule has 0 aliphatic carbocycles. The van der Waals surface area contributed by atoms with E-state index in [-0.39, 0.29) is 18.1 Å². The first-order valence-electron chi connectivity index (χ1n) is 5.72. The van der Waals surface area contributed by atoms with Gasteiger partial charge in [-0.3, -0.25) is 5.10 Å². The number of carbonyl (C=O) groups is 1. The summed E-state index contributed by atoms with van der Waals surface area (Å²) in [7, 11) is 1.39. The predicted molar refractivity (Wildman–Crippen MR) is 66.5 cm³/mol. The maximum absolute atomic E-state index is 13.6. The average Bonchev–Trinajstić information content (AvgIpc) is 2.88. The Balaban J connectivity index is 2.27. The number of hydrogen-bond acceptors (Lipinski definition) is 4. The van der Waals surface area contributed by atoms with E-state index in [1.54, 1.807) is 13.0 Å². The molecule has 19 heavy (non-hydrogen) atoms. The van der Waals surface area contributed by atoms with E-state index in [1.807, 2.05) is 0 Å². The Morgan fingerprint density at radius 3 is 2.84 bits per heavy atom. The fourth-order valence-electron chi connectivity index (χ4n) is 1.61.